The molecule has 0 saturated carbocycles. The summed E-state index contributed by atoms with van der Waals surface area (Å²) in [5.74, 6) is -6.14. The molecule has 0 radical (unpaired) electrons. The van der Waals surface area contributed by atoms with Gasteiger partial charge in [0.25, 0.3) is 5.79 Å². The van der Waals surface area contributed by atoms with Gasteiger partial charge in [-0.25, -0.2) is 4.79 Å². The summed E-state index contributed by atoms with van der Waals surface area (Å²) in [4.78, 5) is 38.7. The van der Waals surface area contributed by atoms with Gasteiger partial charge < -0.3 is 100 Å². The second-order valence-electron chi connectivity index (χ2n) is 28.9. The van der Waals surface area contributed by atoms with Crippen LogP contribution in [0.1, 0.15) is 303 Å². The molecule has 18 unspecified atom stereocenters. The molecule has 3 rings (SSSR count). The Labute approximate surface area is 606 Å². The molecule has 0 aliphatic carbocycles. The monoisotopic (exact) mass is 1440 g/mol. The number of allylic oxidation sites excluding steroid dienone is 5. The van der Waals surface area contributed by atoms with Crippen LogP contribution in [0, 0.1) is 0 Å². The van der Waals surface area contributed by atoms with E-state index in [0.717, 1.165) is 64.7 Å². The van der Waals surface area contributed by atoms with Crippen LogP contribution >= 0.6 is 0 Å². The van der Waals surface area contributed by atoms with Gasteiger partial charge in [0.15, 0.2) is 12.6 Å². The second kappa shape index (κ2) is 57.2. The lowest BCUT2D eigenvalue weighted by Gasteiger charge is -2.50. The Morgan fingerprint density at radius 2 is 0.960 bits per heavy atom. The van der Waals surface area contributed by atoms with E-state index in [4.69, 9.17) is 28.4 Å². The lowest BCUT2D eigenvalue weighted by molar-refractivity contribution is -0.386. The molecule has 3 aliphatic heterocycles. The summed E-state index contributed by atoms with van der Waals surface area (Å²) in [7, 11) is 0. The number of carboxylic acid groups (broad SMARTS) is 1. The van der Waals surface area contributed by atoms with Gasteiger partial charge in [-0.3, -0.25) is 9.59 Å². The fourth-order valence-electron chi connectivity index (χ4n) is 13.7. The van der Waals surface area contributed by atoms with Gasteiger partial charge in [0, 0.05) is 19.8 Å². The highest BCUT2D eigenvalue weighted by atomic mass is 16.8. The van der Waals surface area contributed by atoms with Crippen molar-refractivity contribution in [3.05, 3.63) is 36.5 Å². The number of carbonyl (C=O) groups is 3. The molecule has 0 bridgehead atoms. The first-order valence-electron chi connectivity index (χ1n) is 39.9. The number of rotatable bonds is 62. The quantitative estimate of drug-likeness (QED) is 0.0199. The number of aliphatic hydroxyl groups excluding tert-OH is 11. The molecule has 3 heterocycles. The molecule has 3 saturated heterocycles. The van der Waals surface area contributed by atoms with Gasteiger partial charge >= 0.3 is 5.97 Å². The average Bonchev–Trinajstić information content (AvgIpc) is 0.756. The Morgan fingerprint density at radius 1 is 0.525 bits per heavy atom. The fourth-order valence-corrected chi connectivity index (χ4v) is 13.7. The number of unbranched alkanes of at least 4 members (excludes halogenated alkanes) is 38. The van der Waals surface area contributed by atoms with E-state index in [1.165, 1.54) is 199 Å². The first-order chi connectivity index (χ1) is 48.9. The predicted octanol–water partition coefficient (Wildman–Crippen LogP) is 10.1. The molecule has 101 heavy (non-hydrogen) atoms. The maximum absolute atomic E-state index is 13.5. The summed E-state index contributed by atoms with van der Waals surface area (Å²) in [6, 6.07) is -2.62. The Balaban J connectivity index is 1.53. The average molecular weight is 1440 g/mol. The number of hydrogen-bond donors (Lipinski definition) is 14. The van der Waals surface area contributed by atoms with Crippen LogP contribution in [-0.2, 0) is 42.8 Å². The third kappa shape index (κ3) is 37.9. The van der Waals surface area contributed by atoms with Crippen LogP contribution < -0.4 is 10.6 Å². The second-order valence-corrected chi connectivity index (χ2v) is 28.9. The van der Waals surface area contributed by atoms with Crippen molar-refractivity contribution in [2.45, 2.75) is 413 Å². The van der Waals surface area contributed by atoms with Gasteiger partial charge in [0.1, 0.15) is 67.1 Å². The molecule has 0 aromatic rings. The van der Waals surface area contributed by atoms with Crippen molar-refractivity contribution in [1.82, 2.24) is 10.6 Å². The molecular weight excluding hydrogens is 1300 g/mol. The van der Waals surface area contributed by atoms with Crippen LogP contribution in [0.25, 0.3) is 0 Å². The van der Waals surface area contributed by atoms with Crippen molar-refractivity contribution in [2.75, 3.05) is 26.4 Å². The smallest absolute Gasteiger partial charge is 0.364 e. The standard InChI is InChI=1S/C78H142N2O21/c1-4-6-8-10-12-14-16-18-20-22-24-26-27-28-29-30-31-32-34-36-38-40-42-44-46-48-50-52-65(88)80-59(60(85)51-49-47-45-43-41-39-37-35-33-25-23-21-19-17-15-13-11-9-7-5-2)57-96-75-70(92)69(91)72(64(56-83)98-75)99-76-71(93)74(68(90)63(55-82)97-76)101-78(77(94)95)53-61(86)66(79-58(3)84)73(100-78)67(89)62(87)54-81/h24,26,28-29,49,51,59-64,66-76,81-83,85-87,89-93H,4-23,25,27,30-48,50,52-57H2,1-3H3,(H,79,84)(H,80,88)(H,94,95)/b26-24-,29-28-,51-49+. The summed E-state index contributed by atoms with van der Waals surface area (Å²) >= 11 is 0. The molecule has 14 N–H and O–H groups in total. The number of amides is 2. The predicted molar refractivity (Wildman–Crippen MR) is 389 cm³/mol. The summed E-state index contributed by atoms with van der Waals surface area (Å²) in [6.07, 6.45) is 34.6. The van der Waals surface area contributed by atoms with E-state index in [2.05, 4.69) is 48.8 Å². The maximum Gasteiger partial charge on any atom is 0.364 e. The zero-order valence-electron chi connectivity index (χ0n) is 62.3. The summed E-state index contributed by atoms with van der Waals surface area (Å²) in [6.45, 7) is 2.17. The lowest BCUT2D eigenvalue weighted by atomic mass is 9.88. The van der Waals surface area contributed by atoms with E-state index >= 15 is 0 Å². The minimum absolute atomic E-state index is 0.198. The normalized spacial score (nSPS) is 27.0. The van der Waals surface area contributed by atoms with Gasteiger partial charge in [0.2, 0.25) is 11.8 Å². The van der Waals surface area contributed by atoms with Crippen molar-refractivity contribution in [3.8, 4) is 0 Å². The number of aliphatic hydroxyl groups is 11. The van der Waals surface area contributed by atoms with Crippen molar-refractivity contribution >= 4 is 17.8 Å². The summed E-state index contributed by atoms with van der Waals surface area (Å²) in [5, 5.41) is 136. The van der Waals surface area contributed by atoms with Gasteiger partial charge in [-0.15, -0.1) is 0 Å². The fraction of sp³-hybridized carbons (Fsp3) is 0.885. The van der Waals surface area contributed by atoms with Gasteiger partial charge in [0.05, 0.1) is 50.7 Å². The largest absolute Gasteiger partial charge is 0.477 e. The minimum Gasteiger partial charge on any atom is -0.477 e. The molecular formula is C78H142N2O21. The first kappa shape index (κ1) is 92.2. The molecule has 3 aliphatic rings. The van der Waals surface area contributed by atoms with E-state index in [-0.39, 0.29) is 12.3 Å². The minimum atomic E-state index is -3.08. The summed E-state index contributed by atoms with van der Waals surface area (Å²) < 4.78 is 34.9. The number of hydrogen-bond acceptors (Lipinski definition) is 20. The Bertz CT molecular complexity index is 2160. The number of carboxylic acids is 1. The van der Waals surface area contributed by atoms with Crippen LogP contribution in [0.5, 0.6) is 0 Å². The number of carbonyl (C=O) groups excluding carboxylic acids is 2. The lowest BCUT2D eigenvalue weighted by Crippen LogP contribution is -2.70. The highest BCUT2D eigenvalue weighted by molar-refractivity contribution is 5.77. The number of aliphatic carboxylic acids is 1. The molecule has 23 heteroatoms. The number of ether oxygens (including phenoxy) is 6. The van der Waals surface area contributed by atoms with E-state index in [9.17, 15) is 75.7 Å². The van der Waals surface area contributed by atoms with Crippen LogP contribution in [0.4, 0.5) is 0 Å². The van der Waals surface area contributed by atoms with Crippen LogP contribution in [-0.4, -0.2) is 215 Å². The topological polar surface area (TPSA) is 373 Å². The molecule has 0 aromatic carbocycles. The van der Waals surface area contributed by atoms with Crippen LogP contribution in [0.3, 0.4) is 0 Å². The molecule has 18 atom stereocenters. The zero-order valence-corrected chi connectivity index (χ0v) is 62.3. The molecule has 0 aromatic heterocycles. The SMILES string of the molecule is CCCCCCCCCCC/C=C\C/C=C\CCCCCCCCCCCCCC(=O)NC(COC1OC(CO)C(OC2OC(CO)C(O)C(OC3(C(=O)O)CC(O)C(NC(C)=O)C(C(O)C(O)CO)O3)C2O)C(O)C1O)C(O)/C=C/CCCCCCCCCCCCCCCCCCCC. The zero-order chi connectivity index (χ0) is 73.9. The van der Waals surface area contributed by atoms with Gasteiger partial charge in [-0.2, -0.15) is 0 Å². The first-order valence-corrected chi connectivity index (χ1v) is 39.9. The van der Waals surface area contributed by atoms with E-state index in [0.29, 0.717) is 12.8 Å². The molecule has 3 fully saturated rings. The highest BCUT2D eigenvalue weighted by Gasteiger charge is 2.60. The summed E-state index contributed by atoms with van der Waals surface area (Å²) in [5.41, 5.74) is 0. The van der Waals surface area contributed by atoms with Crippen LogP contribution in [0.15, 0.2) is 36.5 Å². The van der Waals surface area contributed by atoms with Crippen molar-refractivity contribution in [2.24, 2.45) is 0 Å². The van der Waals surface area contributed by atoms with E-state index in [1.807, 2.05) is 6.08 Å². The van der Waals surface area contributed by atoms with Crippen molar-refractivity contribution in [3.63, 3.8) is 0 Å². The van der Waals surface area contributed by atoms with Crippen LogP contribution in [0.2, 0.25) is 0 Å². The van der Waals surface area contributed by atoms with E-state index < -0.39 is 155 Å². The molecule has 23 nitrogen and oxygen atoms in total. The maximum atomic E-state index is 13.5. The van der Waals surface area contributed by atoms with Crippen molar-refractivity contribution in [1.29, 1.82) is 0 Å². The molecule has 590 valence electrons. The van der Waals surface area contributed by atoms with Crippen molar-refractivity contribution < 1.29 is 104 Å². The van der Waals surface area contributed by atoms with E-state index in [1.54, 1.807) is 6.08 Å². The third-order valence-corrected chi connectivity index (χ3v) is 20.1. The number of nitrogens with one attached hydrogen (secondary N) is 2. The Morgan fingerprint density at radius 3 is 1.40 bits per heavy atom. The molecule has 0 spiro atoms. The van der Waals surface area contributed by atoms with Gasteiger partial charge in [-0.05, 0) is 51.4 Å². The highest BCUT2D eigenvalue weighted by Crippen LogP contribution is 2.39. The van der Waals surface area contributed by atoms with Gasteiger partial charge in [-0.1, -0.05) is 269 Å². The Hall–Kier alpha value is -3.05. The third-order valence-electron chi connectivity index (χ3n) is 20.1. The molecule has 2 amide bonds. The Kier molecular flexibility index (Phi) is 52.2.